The van der Waals surface area contributed by atoms with Gasteiger partial charge in [-0.05, 0) is 23.4 Å². The zero-order chi connectivity index (χ0) is 10.6. The van der Waals surface area contributed by atoms with E-state index in [9.17, 15) is 8.42 Å². The van der Waals surface area contributed by atoms with Crippen molar-refractivity contribution in [2.75, 3.05) is 6.54 Å². The number of thiophene rings is 1. The van der Waals surface area contributed by atoms with Gasteiger partial charge in [0.05, 0.1) is 0 Å². The molecule has 0 aliphatic heterocycles. The first-order chi connectivity index (χ1) is 6.60. The summed E-state index contributed by atoms with van der Waals surface area (Å²) in [7, 11) is -3.30. The Morgan fingerprint density at radius 3 is 2.79 bits per heavy atom. The van der Waals surface area contributed by atoms with Crippen molar-refractivity contribution < 1.29 is 8.42 Å². The van der Waals surface area contributed by atoms with Crippen LogP contribution in [0.3, 0.4) is 0 Å². The molecule has 1 aromatic rings. The molecule has 6 heteroatoms. The van der Waals surface area contributed by atoms with E-state index in [1.54, 1.807) is 11.4 Å². The SMILES string of the molecule is CCCNS(=O)(=O)c1cc(CCl)cs1. The average molecular weight is 254 g/mol. The number of sulfonamides is 1. The van der Waals surface area contributed by atoms with Crippen LogP contribution in [0, 0.1) is 0 Å². The number of hydrogen-bond donors (Lipinski definition) is 1. The molecular weight excluding hydrogens is 242 g/mol. The molecule has 0 aliphatic rings. The smallest absolute Gasteiger partial charge is 0.210 e. The molecule has 14 heavy (non-hydrogen) atoms. The van der Waals surface area contributed by atoms with Crippen molar-refractivity contribution in [2.45, 2.75) is 23.4 Å². The monoisotopic (exact) mass is 253 g/mol. The van der Waals surface area contributed by atoms with E-state index < -0.39 is 10.0 Å². The second-order valence-electron chi connectivity index (χ2n) is 2.81. The summed E-state index contributed by atoms with van der Waals surface area (Å²) >= 11 is 6.78. The second kappa shape index (κ2) is 5.11. The van der Waals surface area contributed by atoms with Crippen LogP contribution in [0.25, 0.3) is 0 Å². The zero-order valence-electron chi connectivity index (χ0n) is 7.79. The predicted molar refractivity (Wildman–Crippen MR) is 59.4 cm³/mol. The van der Waals surface area contributed by atoms with Crippen LogP contribution in [-0.2, 0) is 15.9 Å². The minimum Gasteiger partial charge on any atom is -0.210 e. The standard InChI is InChI=1S/C8H12ClNO2S2/c1-2-3-10-14(11,12)8-4-7(5-9)6-13-8/h4,6,10H,2-3,5H2,1H3. The Morgan fingerprint density at radius 1 is 1.57 bits per heavy atom. The van der Waals surface area contributed by atoms with Crippen molar-refractivity contribution in [3.63, 3.8) is 0 Å². The molecule has 0 saturated carbocycles. The fourth-order valence-electron chi connectivity index (χ4n) is 0.872. The summed E-state index contributed by atoms with van der Waals surface area (Å²) in [5.41, 5.74) is 0.841. The van der Waals surface area contributed by atoms with Crippen LogP contribution in [0.4, 0.5) is 0 Å². The van der Waals surface area contributed by atoms with E-state index >= 15 is 0 Å². The first kappa shape index (κ1) is 12.0. The Balaban J connectivity index is 2.81. The molecule has 1 rings (SSSR count). The summed E-state index contributed by atoms with van der Waals surface area (Å²) < 4.78 is 26.0. The predicted octanol–water partition coefficient (Wildman–Crippen LogP) is 2.18. The molecule has 0 saturated heterocycles. The van der Waals surface area contributed by atoms with Crippen LogP contribution < -0.4 is 4.72 Å². The topological polar surface area (TPSA) is 46.2 Å². The summed E-state index contributed by atoms with van der Waals surface area (Å²) in [5.74, 6) is 0.347. The number of alkyl halides is 1. The van der Waals surface area contributed by atoms with Gasteiger partial charge in [0.15, 0.2) is 0 Å². The third-order valence-electron chi connectivity index (χ3n) is 1.59. The summed E-state index contributed by atoms with van der Waals surface area (Å²) in [5, 5.41) is 1.76. The van der Waals surface area contributed by atoms with Crippen LogP contribution in [0.5, 0.6) is 0 Å². The van der Waals surface area contributed by atoms with Crippen molar-refractivity contribution in [2.24, 2.45) is 0 Å². The minimum atomic E-state index is -3.30. The Labute approximate surface area is 93.1 Å². The molecule has 3 nitrogen and oxygen atoms in total. The molecule has 1 aromatic heterocycles. The van der Waals surface area contributed by atoms with Crippen LogP contribution in [0.1, 0.15) is 18.9 Å². The van der Waals surface area contributed by atoms with Crippen molar-refractivity contribution in [1.82, 2.24) is 4.72 Å². The largest absolute Gasteiger partial charge is 0.250 e. The van der Waals surface area contributed by atoms with E-state index in [4.69, 9.17) is 11.6 Å². The van der Waals surface area contributed by atoms with Crippen molar-refractivity contribution in [1.29, 1.82) is 0 Å². The lowest BCUT2D eigenvalue weighted by Crippen LogP contribution is -2.23. The third-order valence-corrected chi connectivity index (χ3v) is 4.85. The van der Waals surface area contributed by atoms with Gasteiger partial charge in [-0.15, -0.1) is 22.9 Å². The first-order valence-electron chi connectivity index (χ1n) is 4.23. The van der Waals surface area contributed by atoms with Crippen LogP contribution in [0.15, 0.2) is 15.7 Å². The molecule has 0 bridgehead atoms. The number of halogens is 1. The number of rotatable bonds is 5. The highest BCUT2D eigenvalue weighted by atomic mass is 35.5. The fraction of sp³-hybridized carbons (Fsp3) is 0.500. The van der Waals surface area contributed by atoms with Gasteiger partial charge in [-0.25, -0.2) is 13.1 Å². The van der Waals surface area contributed by atoms with Crippen molar-refractivity contribution in [3.05, 3.63) is 17.0 Å². The highest BCUT2D eigenvalue weighted by Gasteiger charge is 2.15. The van der Waals surface area contributed by atoms with E-state index in [0.29, 0.717) is 16.6 Å². The maximum absolute atomic E-state index is 11.6. The second-order valence-corrected chi connectivity index (χ2v) is 5.98. The minimum absolute atomic E-state index is 0.335. The quantitative estimate of drug-likeness (QED) is 0.818. The van der Waals surface area contributed by atoms with Gasteiger partial charge in [0.25, 0.3) is 0 Å². The summed E-state index contributed by atoms with van der Waals surface area (Å²) in [6.45, 7) is 2.39. The molecule has 0 aromatic carbocycles. The van der Waals surface area contributed by atoms with Crippen LogP contribution in [0.2, 0.25) is 0 Å². The van der Waals surface area contributed by atoms with Gasteiger partial charge < -0.3 is 0 Å². The molecule has 1 heterocycles. The fourth-order valence-corrected chi connectivity index (χ4v) is 3.51. The Kier molecular flexibility index (Phi) is 4.37. The van der Waals surface area contributed by atoms with Gasteiger partial charge in [-0.3, -0.25) is 0 Å². The third kappa shape index (κ3) is 2.95. The van der Waals surface area contributed by atoms with Gasteiger partial charge in [-0.2, -0.15) is 0 Å². The van der Waals surface area contributed by atoms with Crippen molar-refractivity contribution >= 4 is 33.0 Å². The van der Waals surface area contributed by atoms with E-state index in [1.165, 1.54) is 11.3 Å². The van der Waals surface area contributed by atoms with E-state index in [-0.39, 0.29) is 0 Å². The maximum Gasteiger partial charge on any atom is 0.250 e. The van der Waals surface area contributed by atoms with Gasteiger partial charge in [0, 0.05) is 12.4 Å². The summed E-state index contributed by atoms with van der Waals surface area (Å²) in [6, 6.07) is 1.61. The molecule has 0 radical (unpaired) electrons. The Morgan fingerprint density at radius 2 is 2.29 bits per heavy atom. The average Bonchev–Trinajstić information content (AvgIpc) is 2.63. The van der Waals surface area contributed by atoms with Gasteiger partial charge in [-0.1, -0.05) is 6.92 Å². The lowest BCUT2D eigenvalue weighted by molar-refractivity contribution is 0.583. The normalized spacial score (nSPS) is 11.9. The molecule has 0 spiro atoms. The van der Waals surface area contributed by atoms with E-state index in [1.807, 2.05) is 6.92 Å². The lowest BCUT2D eigenvalue weighted by Gasteiger charge is -2.01. The molecule has 0 fully saturated rings. The molecule has 0 unspecified atom stereocenters. The molecule has 0 atom stereocenters. The highest BCUT2D eigenvalue weighted by molar-refractivity contribution is 7.91. The number of hydrogen-bond acceptors (Lipinski definition) is 3. The molecule has 80 valence electrons. The summed E-state index contributed by atoms with van der Waals surface area (Å²) in [6.07, 6.45) is 0.785. The molecular formula is C8H12ClNO2S2. The summed E-state index contributed by atoms with van der Waals surface area (Å²) in [4.78, 5) is 0. The lowest BCUT2D eigenvalue weighted by atomic mass is 10.4. The molecule has 0 amide bonds. The number of nitrogens with one attached hydrogen (secondary N) is 1. The van der Waals surface area contributed by atoms with Crippen LogP contribution >= 0.6 is 22.9 Å². The van der Waals surface area contributed by atoms with E-state index in [2.05, 4.69) is 4.72 Å². The van der Waals surface area contributed by atoms with E-state index in [0.717, 1.165) is 12.0 Å². The van der Waals surface area contributed by atoms with Crippen molar-refractivity contribution in [3.8, 4) is 0 Å². The molecule has 0 aliphatic carbocycles. The Bertz CT molecular complexity index is 386. The van der Waals surface area contributed by atoms with Gasteiger partial charge in [0.1, 0.15) is 4.21 Å². The first-order valence-corrected chi connectivity index (χ1v) is 7.13. The van der Waals surface area contributed by atoms with Crippen LogP contribution in [-0.4, -0.2) is 15.0 Å². The Hall–Kier alpha value is -0.100. The van der Waals surface area contributed by atoms with Gasteiger partial charge in [0.2, 0.25) is 10.0 Å². The zero-order valence-corrected chi connectivity index (χ0v) is 10.2. The highest BCUT2D eigenvalue weighted by Crippen LogP contribution is 2.20. The molecule has 1 N–H and O–H groups in total. The van der Waals surface area contributed by atoms with Gasteiger partial charge >= 0.3 is 0 Å². The maximum atomic E-state index is 11.6.